The molecule has 10 heteroatoms. The molecule has 0 amide bonds. The fourth-order valence-corrected chi connectivity index (χ4v) is 3.06. The third-order valence-electron chi connectivity index (χ3n) is 3.58. The Bertz CT molecular complexity index is 967. The average molecular weight is 431 g/mol. The maximum atomic E-state index is 13.3. The first-order valence-electron chi connectivity index (χ1n) is 7.68. The summed E-state index contributed by atoms with van der Waals surface area (Å²) in [5, 5.41) is -0.384. The van der Waals surface area contributed by atoms with Gasteiger partial charge in [-0.25, -0.2) is 19.2 Å². The molecule has 146 valence electrons. The number of benzene rings is 2. The third kappa shape index (κ3) is 4.61. The summed E-state index contributed by atoms with van der Waals surface area (Å²) in [6.07, 6.45) is -4.78. The number of aromatic nitrogens is 2. The van der Waals surface area contributed by atoms with Gasteiger partial charge in [-0.15, -0.1) is 0 Å². The van der Waals surface area contributed by atoms with Crippen LogP contribution in [0.25, 0.3) is 22.4 Å². The Morgan fingerprint density at radius 1 is 0.929 bits per heavy atom. The molecule has 0 unspecified atom stereocenters. The Morgan fingerprint density at radius 2 is 1.54 bits per heavy atom. The zero-order chi connectivity index (χ0) is 20.3. The van der Waals surface area contributed by atoms with Crippen LogP contribution in [-0.2, 0) is 15.4 Å². The molecule has 1 heterocycles. The van der Waals surface area contributed by atoms with Crippen molar-refractivity contribution in [1.29, 1.82) is 0 Å². The number of hydrogen-bond acceptors (Lipinski definition) is 5. The molecule has 0 saturated carbocycles. The number of hydrogen-bond donors (Lipinski definition) is 0. The molecule has 0 fully saturated rings. The van der Waals surface area contributed by atoms with Crippen LogP contribution in [0.2, 0.25) is 5.15 Å². The lowest BCUT2D eigenvalue weighted by Gasteiger charge is -2.14. The SMILES string of the molecule is COOSc1ccc(-c2nc(C(F)(F)F)nc(Cl)c2-c2ccc(F)cc2)cc1. The highest BCUT2D eigenvalue weighted by molar-refractivity contribution is 7.94. The summed E-state index contributed by atoms with van der Waals surface area (Å²) in [6, 6.07) is 11.5. The maximum absolute atomic E-state index is 13.3. The van der Waals surface area contributed by atoms with Gasteiger partial charge in [0.05, 0.1) is 24.8 Å². The van der Waals surface area contributed by atoms with E-state index in [1.165, 1.54) is 31.4 Å². The minimum Gasteiger partial charge on any atom is -0.227 e. The first-order valence-corrected chi connectivity index (χ1v) is 8.80. The lowest BCUT2D eigenvalue weighted by atomic mass is 10.0. The van der Waals surface area contributed by atoms with E-state index in [2.05, 4.69) is 14.9 Å². The van der Waals surface area contributed by atoms with E-state index >= 15 is 0 Å². The van der Waals surface area contributed by atoms with Gasteiger partial charge in [-0.05, 0) is 29.8 Å². The summed E-state index contributed by atoms with van der Waals surface area (Å²) >= 11 is 7.01. The van der Waals surface area contributed by atoms with Crippen LogP contribution in [0.3, 0.4) is 0 Å². The summed E-state index contributed by atoms with van der Waals surface area (Å²) in [5.74, 6) is -1.85. The van der Waals surface area contributed by atoms with Crippen molar-refractivity contribution in [2.45, 2.75) is 11.1 Å². The molecule has 0 aliphatic heterocycles. The van der Waals surface area contributed by atoms with Crippen LogP contribution in [0, 0.1) is 5.82 Å². The van der Waals surface area contributed by atoms with Crippen molar-refractivity contribution >= 4 is 23.6 Å². The number of alkyl halides is 3. The monoisotopic (exact) mass is 430 g/mol. The van der Waals surface area contributed by atoms with Crippen LogP contribution >= 0.6 is 23.6 Å². The van der Waals surface area contributed by atoms with Gasteiger partial charge in [0.1, 0.15) is 11.0 Å². The fraction of sp³-hybridized carbons (Fsp3) is 0.111. The molecule has 2 aromatic carbocycles. The molecule has 0 bridgehead atoms. The van der Waals surface area contributed by atoms with Gasteiger partial charge >= 0.3 is 6.18 Å². The molecule has 0 radical (unpaired) electrons. The summed E-state index contributed by atoms with van der Waals surface area (Å²) in [5.41, 5.74) is 0.901. The van der Waals surface area contributed by atoms with Gasteiger partial charge in [-0.3, -0.25) is 0 Å². The standard InChI is InChI=1S/C18H11ClF4N2O2S/c1-26-27-28-13-8-4-11(5-9-13)15-14(10-2-6-12(20)7-3-10)16(19)25-17(24-15)18(21,22)23/h2-9H,1H3. The van der Waals surface area contributed by atoms with Gasteiger partial charge in [-0.2, -0.15) is 17.5 Å². The molecular weight excluding hydrogens is 420 g/mol. The quantitative estimate of drug-likeness (QED) is 0.158. The van der Waals surface area contributed by atoms with Crippen molar-refractivity contribution in [3.8, 4) is 22.4 Å². The van der Waals surface area contributed by atoms with Crippen LogP contribution in [0.1, 0.15) is 5.82 Å². The van der Waals surface area contributed by atoms with Crippen molar-refractivity contribution in [3.63, 3.8) is 0 Å². The molecule has 0 spiro atoms. The number of halogens is 5. The molecule has 0 N–H and O–H groups in total. The maximum Gasteiger partial charge on any atom is 0.451 e. The van der Waals surface area contributed by atoms with Crippen molar-refractivity contribution in [2.24, 2.45) is 0 Å². The first-order chi connectivity index (χ1) is 13.3. The Morgan fingerprint density at radius 3 is 2.11 bits per heavy atom. The summed E-state index contributed by atoms with van der Waals surface area (Å²) in [4.78, 5) is 12.2. The largest absolute Gasteiger partial charge is 0.451 e. The highest BCUT2D eigenvalue weighted by atomic mass is 35.5. The van der Waals surface area contributed by atoms with E-state index in [4.69, 9.17) is 15.9 Å². The fourth-order valence-electron chi connectivity index (χ4n) is 2.38. The number of nitrogens with zero attached hydrogens (tertiary/aromatic N) is 2. The van der Waals surface area contributed by atoms with Gasteiger partial charge in [0, 0.05) is 16.0 Å². The Balaban J connectivity index is 2.16. The lowest BCUT2D eigenvalue weighted by molar-refractivity contribution is -0.160. The second-order valence-electron chi connectivity index (χ2n) is 5.41. The molecule has 1 aromatic heterocycles. The van der Waals surface area contributed by atoms with Crippen LogP contribution in [0.5, 0.6) is 0 Å². The second kappa shape index (κ2) is 8.44. The molecule has 0 saturated heterocycles. The number of rotatable bonds is 5. The van der Waals surface area contributed by atoms with Crippen LogP contribution in [-0.4, -0.2) is 17.1 Å². The summed E-state index contributed by atoms with van der Waals surface area (Å²) in [7, 11) is 1.35. The topological polar surface area (TPSA) is 44.2 Å². The average Bonchev–Trinajstić information content (AvgIpc) is 2.66. The predicted octanol–water partition coefficient (Wildman–Crippen LogP) is 6.21. The highest BCUT2D eigenvalue weighted by Gasteiger charge is 2.36. The van der Waals surface area contributed by atoms with Gasteiger partial charge in [0.25, 0.3) is 0 Å². The Kier molecular flexibility index (Phi) is 6.19. The van der Waals surface area contributed by atoms with Crippen molar-refractivity contribution in [3.05, 3.63) is 65.3 Å². The van der Waals surface area contributed by atoms with Crippen LogP contribution in [0.4, 0.5) is 17.6 Å². The van der Waals surface area contributed by atoms with E-state index in [0.29, 0.717) is 16.0 Å². The van der Waals surface area contributed by atoms with Crippen molar-refractivity contribution in [2.75, 3.05) is 7.11 Å². The van der Waals surface area contributed by atoms with E-state index in [1.54, 1.807) is 24.3 Å². The predicted molar refractivity (Wildman–Crippen MR) is 96.8 cm³/mol. The summed E-state index contributed by atoms with van der Waals surface area (Å²) < 4.78 is 57.6. The zero-order valence-corrected chi connectivity index (χ0v) is 15.7. The summed E-state index contributed by atoms with van der Waals surface area (Å²) in [6.45, 7) is 0. The molecule has 0 atom stereocenters. The normalized spacial score (nSPS) is 11.6. The molecule has 0 aliphatic carbocycles. The lowest BCUT2D eigenvalue weighted by Crippen LogP contribution is -2.12. The van der Waals surface area contributed by atoms with E-state index < -0.39 is 17.8 Å². The first kappa shape index (κ1) is 20.5. The smallest absolute Gasteiger partial charge is 0.227 e. The van der Waals surface area contributed by atoms with Crippen molar-refractivity contribution in [1.82, 2.24) is 9.97 Å². The Hall–Kier alpha value is -2.20. The van der Waals surface area contributed by atoms with E-state index in [9.17, 15) is 17.6 Å². The van der Waals surface area contributed by atoms with E-state index in [-0.39, 0.29) is 16.4 Å². The van der Waals surface area contributed by atoms with Crippen molar-refractivity contribution < 1.29 is 26.8 Å². The van der Waals surface area contributed by atoms with E-state index in [1.807, 2.05) is 0 Å². The van der Waals surface area contributed by atoms with Crippen LogP contribution < -0.4 is 0 Å². The molecule has 28 heavy (non-hydrogen) atoms. The highest BCUT2D eigenvalue weighted by Crippen LogP contribution is 2.39. The minimum absolute atomic E-state index is 0.0249. The van der Waals surface area contributed by atoms with Gasteiger partial charge in [-0.1, -0.05) is 35.9 Å². The minimum atomic E-state index is -4.78. The Labute approximate surface area is 166 Å². The van der Waals surface area contributed by atoms with Gasteiger partial charge < -0.3 is 0 Å². The molecule has 4 nitrogen and oxygen atoms in total. The van der Waals surface area contributed by atoms with Gasteiger partial charge in [0.15, 0.2) is 0 Å². The molecule has 0 aliphatic rings. The molecular formula is C18H11ClF4N2O2S. The van der Waals surface area contributed by atoms with Gasteiger partial charge in [0.2, 0.25) is 5.82 Å². The third-order valence-corrected chi connectivity index (χ3v) is 4.52. The van der Waals surface area contributed by atoms with Crippen LogP contribution in [0.15, 0.2) is 53.4 Å². The second-order valence-corrected chi connectivity index (χ2v) is 6.54. The van der Waals surface area contributed by atoms with E-state index in [0.717, 1.165) is 12.0 Å². The molecule has 3 aromatic rings. The molecule has 3 rings (SSSR count). The zero-order valence-electron chi connectivity index (χ0n) is 14.1.